The summed E-state index contributed by atoms with van der Waals surface area (Å²) < 4.78 is 0. The summed E-state index contributed by atoms with van der Waals surface area (Å²) in [5.41, 5.74) is 0.296. The molecule has 0 heterocycles. The molecule has 0 aliphatic carbocycles. The molecule has 0 unspecified atom stereocenters. The minimum absolute atomic E-state index is 0.148. The standard InChI is InChI=1S/C18H26N4O4/c1-3-5-10-19-17(25)21-15(23)13-8-7-9-14(12-13)16(24)22-18(26)20-11-6-4-2/h7-9,12H,3-6,10-11H2,1-2H3,(H2,19,21,23,25)(H2,20,22,24,26). The lowest BCUT2D eigenvalue weighted by Crippen LogP contribution is -2.40. The van der Waals surface area contributed by atoms with Crippen molar-refractivity contribution in [1.29, 1.82) is 0 Å². The maximum atomic E-state index is 12.1. The normalized spacial score (nSPS) is 9.92. The van der Waals surface area contributed by atoms with Gasteiger partial charge in [0, 0.05) is 24.2 Å². The first-order valence-electron chi connectivity index (χ1n) is 8.76. The Bertz CT molecular complexity index is 595. The SMILES string of the molecule is CCCCNC(=O)NC(=O)c1cccc(C(=O)NC(=O)NCCCC)c1. The van der Waals surface area contributed by atoms with Crippen molar-refractivity contribution in [2.24, 2.45) is 0 Å². The van der Waals surface area contributed by atoms with Gasteiger partial charge in [0.1, 0.15) is 0 Å². The Balaban J connectivity index is 2.60. The van der Waals surface area contributed by atoms with Crippen LogP contribution in [0.25, 0.3) is 0 Å². The number of imide groups is 2. The number of hydrogen-bond donors (Lipinski definition) is 4. The zero-order valence-corrected chi connectivity index (χ0v) is 15.2. The third kappa shape index (κ3) is 7.78. The summed E-state index contributed by atoms with van der Waals surface area (Å²) in [4.78, 5) is 47.4. The molecule has 1 aromatic rings. The molecule has 0 radical (unpaired) electrons. The fourth-order valence-corrected chi connectivity index (χ4v) is 2.00. The van der Waals surface area contributed by atoms with E-state index in [1.54, 1.807) is 0 Å². The first kappa shape index (κ1) is 21.1. The van der Waals surface area contributed by atoms with Gasteiger partial charge in [-0.25, -0.2) is 9.59 Å². The number of carbonyl (C=O) groups is 4. The van der Waals surface area contributed by atoms with Gasteiger partial charge in [-0.1, -0.05) is 32.8 Å². The van der Waals surface area contributed by atoms with Gasteiger partial charge in [-0.05, 0) is 31.0 Å². The van der Waals surface area contributed by atoms with Crippen LogP contribution in [0.15, 0.2) is 24.3 Å². The number of amides is 6. The van der Waals surface area contributed by atoms with Crippen molar-refractivity contribution in [2.75, 3.05) is 13.1 Å². The molecule has 0 aromatic heterocycles. The molecule has 0 saturated heterocycles. The quantitative estimate of drug-likeness (QED) is 0.530. The average molecular weight is 362 g/mol. The van der Waals surface area contributed by atoms with Crippen LogP contribution in [-0.4, -0.2) is 37.0 Å². The summed E-state index contributed by atoms with van der Waals surface area (Å²) >= 11 is 0. The van der Waals surface area contributed by atoms with Gasteiger partial charge < -0.3 is 10.6 Å². The summed E-state index contributed by atoms with van der Waals surface area (Å²) in [5, 5.41) is 9.53. The Hall–Kier alpha value is -2.90. The highest BCUT2D eigenvalue weighted by molar-refractivity contribution is 6.08. The molecule has 0 aliphatic heterocycles. The van der Waals surface area contributed by atoms with Crippen LogP contribution in [0.5, 0.6) is 0 Å². The lowest BCUT2D eigenvalue weighted by atomic mass is 10.1. The Kier molecular flexibility index (Phi) is 9.45. The van der Waals surface area contributed by atoms with Crippen molar-refractivity contribution in [3.05, 3.63) is 35.4 Å². The number of hydrogen-bond acceptors (Lipinski definition) is 4. The number of carbonyl (C=O) groups excluding carboxylic acids is 4. The topological polar surface area (TPSA) is 116 Å². The molecule has 142 valence electrons. The predicted octanol–water partition coefficient (Wildman–Crippen LogP) is 2.17. The van der Waals surface area contributed by atoms with E-state index in [0.29, 0.717) is 13.1 Å². The Labute approximate surface area is 153 Å². The van der Waals surface area contributed by atoms with Crippen molar-refractivity contribution in [3.63, 3.8) is 0 Å². The van der Waals surface area contributed by atoms with E-state index in [1.807, 2.05) is 13.8 Å². The Morgan fingerprint density at radius 3 is 1.58 bits per heavy atom. The molecule has 4 N–H and O–H groups in total. The van der Waals surface area contributed by atoms with Crippen molar-refractivity contribution < 1.29 is 19.2 Å². The molecule has 0 atom stereocenters. The molecular weight excluding hydrogens is 336 g/mol. The van der Waals surface area contributed by atoms with Gasteiger partial charge >= 0.3 is 12.1 Å². The molecule has 8 heteroatoms. The predicted molar refractivity (Wildman–Crippen MR) is 98.0 cm³/mol. The number of benzene rings is 1. The molecule has 6 amide bonds. The highest BCUT2D eigenvalue weighted by Crippen LogP contribution is 2.05. The smallest absolute Gasteiger partial charge is 0.321 e. The molecule has 0 saturated carbocycles. The van der Waals surface area contributed by atoms with Gasteiger partial charge in [-0.15, -0.1) is 0 Å². The summed E-state index contributed by atoms with van der Waals surface area (Å²) in [6.45, 7) is 4.94. The third-order valence-corrected chi connectivity index (χ3v) is 3.47. The van der Waals surface area contributed by atoms with Gasteiger partial charge in [-0.2, -0.15) is 0 Å². The second-order valence-electron chi connectivity index (χ2n) is 5.71. The van der Waals surface area contributed by atoms with Crippen LogP contribution in [0.4, 0.5) is 9.59 Å². The zero-order valence-electron chi connectivity index (χ0n) is 15.2. The van der Waals surface area contributed by atoms with Crippen molar-refractivity contribution in [1.82, 2.24) is 21.3 Å². The van der Waals surface area contributed by atoms with Gasteiger partial charge in [-0.3, -0.25) is 20.2 Å². The number of urea groups is 2. The monoisotopic (exact) mass is 362 g/mol. The van der Waals surface area contributed by atoms with Gasteiger partial charge in [0.05, 0.1) is 0 Å². The van der Waals surface area contributed by atoms with E-state index < -0.39 is 23.9 Å². The fourth-order valence-electron chi connectivity index (χ4n) is 2.00. The summed E-state index contributed by atoms with van der Waals surface area (Å²) in [6, 6.07) is 4.61. The van der Waals surface area contributed by atoms with Gasteiger partial charge in [0.25, 0.3) is 11.8 Å². The molecule has 26 heavy (non-hydrogen) atoms. The van der Waals surface area contributed by atoms with Crippen LogP contribution in [0, 0.1) is 0 Å². The zero-order chi connectivity index (χ0) is 19.4. The van der Waals surface area contributed by atoms with E-state index in [4.69, 9.17) is 0 Å². The lowest BCUT2D eigenvalue weighted by Gasteiger charge is -2.08. The molecule has 0 fully saturated rings. The average Bonchev–Trinajstić information content (AvgIpc) is 2.62. The second kappa shape index (κ2) is 11.6. The van der Waals surface area contributed by atoms with Gasteiger partial charge in [0.15, 0.2) is 0 Å². The summed E-state index contributed by atoms with van der Waals surface area (Å²) in [5.74, 6) is -1.25. The fraction of sp³-hybridized carbons (Fsp3) is 0.444. The minimum Gasteiger partial charge on any atom is -0.338 e. The highest BCUT2D eigenvalue weighted by Gasteiger charge is 2.14. The van der Waals surface area contributed by atoms with E-state index in [9.17, 15) is 19.2 Å². The number of unbranched alkanes of at least 4 members (excludes halogenated alkanes) is 2. The van der Waals surface area contributed by atoms with E-state index >= 15 is 0 Å². The molecule has 8 nitrogen and oxygen atoms in total. The molecule has 0 spiro atoms. The van der Waals surface area contributed by atoms with Gasteiger partial charge in [0.2, 0.25) is 0 Å². The Morgan fingerprint density at radius 2 is 1.19 bits per heavy atom. The summed E-state index contributed by atoms with van der Waals surface area (Å²) in [7, 11) is 0. The van der Waals surface area contributed by atoms with Crippen LogP contribution in [0.2, 0.25) is 0 Å². The van der Waals surface area contributed by atoms with Crippen molar-refractivity contribution in [3.8, 4) is 0 Å². The van der Waals surface area contributed by atoms with Crippen LogP contribution >= 0.6 is 0 Å². The number of rotatable bonds is 8. The summed E-state index contributed by atoms with van der Waals surface area (Å²) in [6.07, 6.45) is 3.49. The Morgan fingerprint density at radius 1 is 0.769 bits per heavy atom. The molecule has 1 rings (SSSR count). The minimum atomic E-state index is -0.624. The number of nitrogens with one attached hydrogen (secondary N) is 4. The van der Waals surface area contributed by atoms with E-state index in [0.717, 1.165) is 25.7 Å². The molecule has 0 aliphatic rings. The molecule has 0 bridgehead atoms. The van der Waals surface area contributed by atoms with Crippen LogP contribution in [0.3, 0.4) is 0 Å². The van der Waals surface area contributed by atoms with Crippen molar-refractivity contribution >= 4 is 23.9 Å². The molecule has 1 aromatic carbocycles. The first-order chi connectivity index (χ1) is 12.5. The third-order valence-electron chi connectivity index (χ3n) is 3.47. The van der Waals surface area contributed by atoms with Crippen LogP contribution in [0.1, 0.15) is 60.2 Å². The van der Waals surface area contributed by atoms with Crippen LogP contribution in [-0.2, 0) is 0 Å². The van der Waals surface area contributed by atoms with Crippen LogP contribution < -0.4 is 21.3 Å². The first-order valence-corrected chi connectivity index (χ1v) is 8.76. The highest BCUT2D eigenvalue weighted by atomic mass is 16.2. The lowest BCUT2D eigenvalue weighted by molar-refractivity contribution is 0.0961. The van der Waals surface area contributed by atoms with E-state index in [2.05, 4.69) is 21.3 Å². The van der Waals surface area contributed by atoms with E-state index in [-0.39, 0.29) is 11.1 Å². The maximum absolute atomic E-state index is 12.1. The second-order valence-corrected chi connectivity index (χ2v) is 5.71. The molecular formula is C18H26N4O4. The van der Waals surface area contributed by atoms with Crippen molar-refractivity contribution in [2.45, 2.75) is 39.5 Å². The largest absolute Gasteiger partial charge is 0.338 e. The van der Waals surface area contributed by atoms with E-state index in [1.165, 1.54) is 24.3 Å². The maximum Gasteiger partial charge on any atom is 0.321 e.